The highest BCUT2D eigenvalue weighted by Crippen LogP contribution is 2.28. The fourth-order valence-electron chi connectivity index (χ4n) is 5.98. The highest BCUT2D eigenvalue weighted by Gasteiger charge is 2.17. The highest BCUT2D eigenvalue weighted by molar-refractivity contribution is 5.55. The lowest BCUT2D eigenvalue weighted by molar-refractivity contribution is -0.112. The first kappa shape index (κ1) is 44.1. The third-order valence-corrected chi connectivity index (χ3v) is 8.67. The van der Waals surface area contributed by atoms with E-state index in [1.54, 1.807) is 5.57 Å². The van der Waals surface area contributed by atoms with Crippen LogP contribution in [0.3, 0.4) is 0 Å². The van der Waals surface area contributed by atoms with Gasteiger partial charge in [0.2, 0.25) is 0 Å². The van der Waals surface area contributed by atoms with Crippen molar-refractivity contribution in [2.24, 2.45) is 11.8 Å². The van der Waals surface area contributed by atoms with Crippen molar-refractivity contribution >= 4 is 18.9 Å². The Hall–Kier alpha value is -1.89. The summed E-state index contributed by atoms with van der Waals surface area (Å²) in [5.41, 5.74) is 2.92. The molecule has 0 aromatic heterocycles. The van der Waals surface area contributed by atoms with Crippen molar-refractivity contribution in [1.29, 1.82) is 0 Å². The maximum Gasteiger partial charge on any atom is 0.123 e. The number of aldehydes is 3. The van der Waals surface area contributed by atoms with Gasteiger partial charge in [-0.2, -0.15) is 0 Å². The molecule has 0 bridgehead atoms. The summed E-state index contributed by atoms with van der Waals surface area (Å²) in [6, 6.07) is 0. The first-order valence-electron chi connectivity index (χ1n) is 18.0. The van der Waals surface area contributed by atoms with E-state index in [1.807, 2.05) is 41.5 Å². The second-order valence-electron chi connectivity index (χ2n) is 15.4. The third-order valence-electron chi connectivity index (χ3n) is 8.67. The van der Waals surface area contributed by atoms with E-state index in [0.29, 0.717) is 0 Å². The van der Waals surface area contributed by atoms with Gasteiger partial charge in [-0.15, -0.1) is 0 Å². The average molecular weight is 647 g/mol. The number of hydrogen-bond donors (Lipinski definition) is 3. The highest BCUT2D eigenvalue weighted by atomic mass is 16.3. The van der Waals surface area contributed by atoms with Crippen LogP contribution in [0.4, 0.5) is 0 Å². The van der Waals surface area contributed by atoms with E-state index < -0.39 is 16.8 Å². The molecule has 6 heteroatoms. The van der Waals surface area contributed by atoms with Gasteiger partial charge in [-0.3, -0.25) is 0 Å². The van der Waals surface area contributed by atoms with Crippen molar-refractivity contribution in [2.45, 2.75) is 187 Å². The topological polar surface area (TPSA) is 112 Å². The monoisotopic (exact) mass is 647 g/mol. The number of allylic oxidation sites excluding steroid dienone is 6. The van der Waals surface area contributed by atoms with Gasteiger partial charge in [0, 0.05) is 11.8 Å². The van der Waals surface area contributed by atoms with Crippen molar-refractivity contribution in [3.63, 3.8) is 0 Å². The molecule has 6 nitrogen and oxygen atoms in total. The Morgan fingerprint density at radius 1 is 0.630 bits per heavy atom. The Kier molecular flexibility index (Phi) is 23.3. The van der Waals surface area contributed by atoms with Gasteiger partial charge >= 0.3 is 0 Å². The molecule has 2 atom stereocenters. The summed E-state index contributed by atoms with van der Waals surface area (Å²) in [5, 5.41) is 28.7. The first-order valence-corrected chi connectivity index (χ1v) is 18.0. The lowest BCUT2D eigenvalue weighted by Crippen LogP contribution is -2.18. The molecule has 0 aliphatic heterocycles. The van der Waals surface area contributed by atoms with Crippen molar-refractivity contribution in [1.82, 2.24) is 0 Å². The summed E-state index contributed by atoms with van der Waals surface area (Å²) >= 11 is 0. The van der Waals surface area contributed by atoms with Crippen LogP contribution >= 0.6 is 0 Å². The largest absolute Gasteiger partial charge is 0.390 e. The number of hydrogen-bond acceptors (Lipinski definition) is 6. The van der Waals surface area contributed by atoms with Gasteiger partial charge in [0.25, 0.3) is 0 Å². The SMILES string of the molecule is CC(C)(O)CCCC1=CCC(C=O)CC1.CC(C)(O)CCCC1=CCCC(C=O)C1.CC(C)(O)CCCC1=CCCCC1.CC=O. The van der Waals surface area contributed by atoms with Crippen LogP contribution in [0.25, 0.3) is 0 Å². The molecule has 0 heterocycles. The van der Waals surface area contributed by atoms with Crippen LogP contribution in [-0.4, -0.2) is 51.0 Å². The van der Waals surface area contributed by atoms with Gasteiger partial charge in [-0.05, 0) is 170 Å². The number of rotatable bonds is 14. The Bertz CT molecular complexity index is 923. The Balaban J connectivity index is 0.000000634. The molecule has 0 fully saturated rings. The molecule has 2 unspecified atom stereocenters. The number of carbonyl (C=O) groups is 3. The molecule has 46 heavy (non-hydrogen) atoms. The van der Waals surface area contributed by atoms with Gasteiger partial charge in [-0.25, -0.2) is 0 Å². The molecule has 3 aliphatic carbocycles. The molecule has 0 amide bonds. The van der Waals surface area contributed by atoms with Gasteiger partial charge in [-0.1, -0.05) is 34.9 Å². The zero-order valence-corrected chi connectivity index (χ0v) is 30.6. The normalized spacial score (nSPS) is 20.1. The molecular weight excluding hydrogens is 576 g/mol. The molecule has 0 spiro atoms. The molecular formula is C40H70O6. The van der Waals surface area contributed by atoms with Crippen LogP contribution in [0.5, 0.6) is 0 Å². The molecule has 0 aromatic carbocycles. The molecule has 266 valence electrons. The standard InChI is InChI=1S/2C13H22O2.C12H22O.C2H4O/c1-13(2,15)8-4-7-11-5-3-6-12(9-11)10-14;1-13(2,15)9-3-4-11-5-7-12(10-14)8-6-11;1-12(2,13)10-6-9-11-7-4-3-5-8-11;1-2-3/h2*5,10,12,15H,3-4,6-9H2,1-2H3;7,13H,3-6,8-10H2,1-2H3;2H,1H3. The third kappa shape index (κ3) is 27.2. The number of aliphatic hydroxyl groups is 3. The van der Waals surface area contributed by atoms with Crippen molar-refractivity contribution in [3.8, 4) is 0 Å². The van der Waals surface area contributed by atoms with Gasteiger partial charge in [0.1, 0.15) is 18.9 Å². The van der Waals surface area contributed by atoms with E-state index in [-0.39, 0.29) is 11.8 Å². The van der Waals surface area contributed by atoms with Crippen LogP contribution in [-0.2, 0) is 14.4 Å². The summed E-state index contributed by atoms with van der Waals surface area (Å²) in [5.74, 6) is 0.496. The minimum Gasteiger partial charge on any atom is -0.390 e. The summed E-state index contributed by atoms with van der Waals surface area (Å²) < 4.78 is 0. The summed E-state index contributed by atoms with van der Waals surface area (Å²) in [6.07, 6.45) is 30.2. The first-order chi connectivity index (χ1) is 21.5. The molecule has 0 aromatic rings. The number of carbonyl (C=O) groups excluding carboxylic acids is 3. The van der Waals surface area contributed by atoms with Gasteiger partial charge in [0.15, 0.2) is 0 Å². The summed E-state index contributed by atoms with van der Waals surface area (Å²) in [7, 11) is 0. The van der Waals surface area contributed by atoms with E-state index in [9.17, 15) is 24.9 Å². The fraction of sp³-hybridized carbons (Fsp3) is 0.775. The predicted molar refractivity (Wildman–Crippen MR) is 192 cm³/mol. The summed E-state index contributed by atoms with van der Waals surface area (Å²) in [6.45, 7) is 12.6. The Morgan fingerprint density at radius 2 is 1.09 bits per heavy atom. The molecule has 3 aliphatic rings. The second kappa shape index (κ2) is 24.3. The maximum absolute atomic E-state index is 10.7. The van der Waals surface area contributed by atoms with Crippen LogP contribution < -0.4 is 0 Å². The summed E-state index contributed by atoms with van der Waals surface area (Å²) in [4.78, 5) is 30.0. The average Bonchev–Trinajstić information content (AvgIpc) is 2.97. The van der Waals surface area contributed by atoms with Gasteiger partial charge in [0.05, 0.1) is 16.8 Å². The smallest absolute Gasteiger partial charge is 0.123 e. The van der Waals surface area contributed by atoms with E-state index in [2.05, 4.69) is 18.2 Å². The van der Waals surface area contributed by atoms with E-state index in [1.165, 1.54) is 50.2 Å². The van der Waals surface area contributed by atoms with Crippen LogP contribution in [0.15, 0.2) is 34.9 Å². The fourth-order valence-corrected chi connectivity index (χ4v) is 5.98. The predicted octanol–water partition coefficient (Wildman–Crippen LogP) is 9.34. The van der Waals surface area contributed by atoms with Crippen molar-refractivity contribution in [2.75, 3.05) is 0 Å². The zero-order chi connectivity index (χ0) is 35.1. The zero-order valence-electron chi connectivity index (χ0n) is 30.6. The van der Waals surface area contributed by atoms with Crippen molar-refractivity contribution in [3.05, 3.63) is 34.9 Å². The minimum atomic E-state index is -0.556. The van der Waals surface area contributed by atoms with E-state index >= 15 is 0 Å². The van der Waals surface area contributed by atoms with Crippen LogP contribution in [0.1, 0.15) is 170 Å². The Labute approximate surface area is 282 Å². The molecule has 3 rings (SSSR count). The second-order valence-corrected chi connectivity index (χ2v) is 15.4. The lowest BCUT2D eigenvalue weighted by atomic mass is 9.87. The van der Waals surface area contributed by atoms with Crippen molar-refractivity contribution < 1.29 is 29.7 Å². The maximum atomic E-state index is 10.7. The Morgan fingerprint density at radius 3 is 1.48 bits per heavy atom. The molecule has 0 saturated carbocycles. The molecule has 0 saturated heterocycles. The van der Waals surface area contributed by atoms with Crippen LogP contribution in [0, 0.1) is 11.8 Å². The van der Waals surface area contributed by atoms with E-state index in [4.69, 9.17) is 4.79 Å². The van der Waals surface area contributed by atoms with E-state index in [0.717, 1.165) is 109 Å². The van der Waals surface area contributed by atoms with Crippen LogP contribution in [0.2, 0.25) is 0 Å². The quantitative estimate of drug-likeness (QED) is 0.128. The molecule has 0 radical (unpaired) electrons. The van der Waals surface area contributed by atoms with Gasteiger partial charge < -0.3 is 29.7 Å². The molecule has 3 N–H and O–H groups in total. The minimum absolute atomic E-state index is 0.243. The lowest BCUT2D eigenvalue weighted by Gasteiger charge is -2.20.